The van der Waals surface area contributed by atoms with E-state index < -0.39 is 18.0 Å². The van der Waals surface area contributed by atoms with Crippen LogP contribution in [0.1, 0.15) is 36.5 Å². The number of rotatable bonds is 4. The Morgan fingerprint density at radius 1 is 1.28 bits per heavy atom. The Bertz CT molecular complexity index is 673. The summed E-state index contributed by atoms with van der Waals surface area (Å²) in [6.45, 7) is 3.20. The maximum Gasteiger partial charge on any atom is 0.347 e. The molecule has 0 saturated carbocycles. The SMILES string of the molecule is CC1CC(OC(=O)c2ccc(N3CCCC(C(N)=O)C3)cc2)C(=O)O1. The summed E-state index contributed by atoms with van der Waals surface area (Å²) in [5.41, 5.74) is 6.71. The van der Waals surface area contributed by atoms with Crippen molar-refractivity contribution in [3.8, 4) is 0 Å². The molecule has 1 aromatic carbocycles. The molecule has 25 heavy (non-hydrogen) atoms. The fourth-order valence-electron chi connectivity index (χ4n) is 3.27. The van der Waals surface area contributed by atoms with E-state index in [1.165, 1.54) is 0 Å². The van der Waals surface area contributed by atoms with Crippen LogP contribution in [-0.2, 0) is 19.1 Å². The lowest BCUT2D eigenvalue weighted by Crippen LogP contribution is -2.41. The highest BCUT2D eigenvalue weighted by Gasteiger charge is 2.35. The molecule has 3 atom stereocenters. The largest absolute Gasteiger partial charge is 0.460 e. The molecule has 1 amide bonds. The van der Waals surface area contributed by atoms with Crippen molar-refractivity contribution in [2.75, 3.05) is 18.0 Å². The molecule has 3 rings (SSSR count). The van der Waals surface area contributed by atoms with Gasteiger partial charge in [-0.2, -0.15) is 0 Å². The van der Waals surface area contributed by atoms with Gasteiger partial charge >= 0.3 is 11.9 Å². The number of ether oxygens (including phenoxy) is 2. The van der Waals surface area contributed by atoms with Crippen LogP contribution in [0.5, 0.6) is 0 Å². The Kier molecular flexibility index (Phi) is 4.92. The van der Waals surface area contributed by atoms with E-state index >= 15 is 0 Å². The number of amides is 1. The van der Waals surface area contributed by atoms with Crippen LogP contribution in [0.3, 0.4) is 0 Å². The minimum absolute atomic E-state index is 0.145. The summed E-state index contributed by atoms with van der Waals surface area (Å²) in [4.78, 5) is 37.2. The van der Waals surface area contributed by atoms with Crippen LogP contribution < -0.4 is 10.6 Å². The number of piperidine rings is 1. The van der Waals surface area contributed by atoms with E-state index in [2.05, 4.69) is 4.90 Å². The number of carbonyl (C=O) groups is 3. The molecule has 2 aliphatic rings. The van der Waals surface area contributed by atoms with Gasteiger partial charge in [0.05, 0.1) is 11.5 Å². The summed E-state index contributed by atoms with van der Waals surface area (Å²) < 4.78 is 10.2. The van der Waals surface area contributed by atoms with Crippen LogP contribution in [0.4, 0.5) is 5.69 Å². The first-order valence-electron chi connectivity index (χ1n) is 8.50. The highest BCUT2D eigenvalue weighted by molar-refractivity contribution is 5.92. The van der Waals surface area contributed by atoms with E-state index in [9.17, 15) is 14.4 Å². The number of nitrogens with zero attached hydrogens (tertiary/aromatic N) is 1. The number of nitrogens with two attached hydrogens (primary N) is 1. The molecule has 3 unspecified atom stereocenters. The van der Waals surface area contributed by atoms with Gasteiger partial charge in [0, 0.05) is 25.2 Å². The summed E-state index contributed by atoms with van der Waals surface area (Å²) in [7, 11) is 0. The molecule has 134 valence electrons. The van der Waals surface area contributed by atoms with Crippen molar-refractivity contribution in [2.24, 2.45) is 11.7 Å². The maximum absolute atomic E-state index is 12.2. The normalized spacial score (nSPS) is 26.2. The molecule has 2 fully saturated rings. The van der Waals surface area contributed by atoms with Gasteiger partial charge in [-0.25, -0.2) is 9.59 Å². The van der Waals surface area contributed by atoms with Crippen LogP contribution in [0.25, 0.3) is 0 Å². The fraction of sp³-hybridized carbons (Fsp3) is 0.500. The average Bonchev–Trinajstić information content (AvgIpc) is 2.92. The Labute approximate surface area is 146 Å². The summed E-state index contributed by atoms with van der Waals surface area (Å²) in [6.07, 6.45) is 1.03. The van der Waals surface area contributed by atoms with Gasteiger partial charge < -0.3 is 20.1 Å². The van der Waals surface area contributed by atoms with E-state index in [0.717, 1.165) is 25.1 Å². The fourth-order valence-corrected chi connectivity index (χ4v) is 3.27. The number of esters is 2. The lowest BCUT2D eigenvalue weighted by Gasteiger charge is -2.33. The van der Waals surface area contributed by atoms with Gasteiger partial charge in [-0.3, -0.25) is 4.79 Å². The van der Waals surface area contributed by atoms with Gasteiger partial charge in [-0.1, -0.05) is 0 Å². The third kappa shape index (κ3) is 3.92. The molecule has 7 heteroatoms. The van der Waals surface area contributed by atoms with E-state index in [1.54, 1.807) is 19.1 Å². The molecule has 0 aromatic heterocycles. The van der Waals surface area contributed by atoms with Crippen molar-refractivity contribution >= 4 is 23.5 Å². The minimum atomic E-state index is -0.833. The molecule has 2 heterocycles. The minimum Gasteiger partial charge on any atom is -0.460 e. The van der Waals surface area contributed by atoms with Gasteiger partial charge in [0.1, 0.15) is 6.10 Å². The van der Waals surface area contributed by atoms with E-state index in [-0.39, 0.29) is 17.9 Å². The van der Waals surface area contributed by atoms with Crippen molar-refractivity contribution < 1.29 is 23.9 Å². The number of carbonyl (C=O) groups excluding carboxylic acids is 3. The number of cyclic esters (lactones) is 1. The number of primary amides is 1. The molecule has 7 nitrogen and oxygen atoms in total. The van der Waals surface area contributed by atoms with E-state index in [0.29, 0.717) is 18.5 Å². The van der Waals surface area contributed by atoms with Crippen molar-refractivity contribution in [3.05, 3.63) is 29.8 Å². The van der Waals surface area contributed by atoms with Crippen molar-refractivity contribution in [3.63, 3.8) is 0 Å². The summed E-state index contributed by atoms with van der Waals surface area (Å²) in [5, 5.41) is 0. The van der Waals surface area contributed by atoms with Crippen LogP contribution in [-0.4, -0.2) is 43.1 Å². The average molecular weight is 346 g/mol. The first-order valence-corrected chi connectivity index (χ1v) is 8.50. The standard InChI is InChI=1S/C18H22N2O5/c1-11-9-15(18(23)24-11)25-17(22)12-4-6-14(7-5-12)20-8-2-3-13(10-20)16(19)21/h4-7,11,13,15H,2-3,8-10H2,1H3,(H2,19,21). The van der Waals surface area contributed by atoms with E-state index in [4.69, 9.17) is 15.2 Å². The zero-order chi connectivity index (χ0) is 18.0. The molecular weight excluding hydrogens is 324 g/mol. The topological polar surface area (TPSA) is 98.9 Å². The van der Waals surface area contributed by atoms with Crippen LogP contribution >= 0.6 is 0 Å². The zero-order valence-electron chi connectivity index (χ0n) is 14.1. The van der Waals surface area contributed by atoms with Gasteiger partial charge in [-0.15, -0.1) is 0 Å². The second-order valence-electron chi connectivity index (χ2n) is 6.61. The quantitative estimate of drug-likeness (QED) is 0.824. The van der Waals surface area contributed by atoms with Crippen LogP contribution in [0, 0.1) is 5.92 Å². The van der Waals surface area contributed by atoms with Gasteiger partial charge in [0.2, 0.25) is 12.0 Å². The molecule has 2 aliphatic heterocycles. The summed E-state index contributed by atoms with van der Waals surface area (Å²) in [6, 6.07) is 6.95. The third-order valence-corrected chi connectivity index (χ3v) is 4.67. The monoisotopic (exact) mass is 346 g/mol. The summed E-state index contributed by atoms with van der Waals surface area (Å²) >= 11 is 0. The van der Waals surface area contributed by atoms with E-state index in [1.807, 2.05) is 12.1 Å². The highest BCUT2D eigenvalue weighted by Crippen LogP contribution is 2.24. The zero-order valence-corrected chi connectivity index (χ0v) is 14.1. The smallest absolute Gasteiger partial charge is 0.347 e. The van der Waals surface area contributed by atoms with Crippen molar-refractivity contribution in [2.45, 2.75) is 38.4 Å². The second kappa shape index (κ2) is 7.13. The second-order valence-corrected chi connectivity index (χ2v) is 6.61. The molecule has 2 saturated heterocycles. The summed E-state index contributed by atoms with van der Waals surface area (Å²) in [5.74, 6) is -1.46. The number of hydrogen-bond donors (Lipinski definition) is 1. The number of hydrogen-bond acceptors (Lipinski definition) is 6. The van der Waals surface area contributed by atoms with Crippen molar-refractivity contribution in [1.29, 1.82) is 0 Å². The highest BCUT2D eigenvalue weighted by atomic mass is 16.6. The lowest BCUT2D eigenvalue weighted by atomic mass is 9.97. The first-order chi connectivity index (χ1) is 11.9. The Morgan fingerprint density at radius 3 is 2.60 bits per heavy atom. The molecule has 0 radical (unpaired) electrons. The molecule has 0 bridgehead atoms. The molecule has 0 aliphatic carbocycles. The molecule has 1 aromatic rings. The van der Waals surface area contributed by atoms with Crippen LogP contribution in [0.15, 0.2) is 24.3 Å². The Hall–Kier alpha value is -2.57. The Morgan fingerprint density at radius 2 is 2.00 bits per heavy atom. The number of benzene rings is 1. The van der Waals surface area contributed by atoms with Gasteiger partial charge in [0.25, 0.3) is 0 Å². The lowest BCUT2D eigenvalue weighted by molar-refractivity contribution is -0.147. The molecule has 2 N–H and O–H groups in total. The third-order valence-electron chi connectivity index (χ3n) is 4.67. The molecular formula is C18H22N2O5. The predicted molar refractivity (Wildman–Crippen MR) is 89.9 cm³/mol. The van der Waals surface area contributed by atoms with Crippen molar-refractivity contribution in [1.82, 2.24) is 0 Å². The van der Waals surface area contributed by atoms with Gasteiger partial charge in [-0.05, 0) is 44.0 Å². The Balaban J connectivity index is 1.63. The predicted octanol–water partition coefficient (Wildman–Crippen LogP) is 1.25. The maximum atomic E-state index is 12.2. The van der Waals surface area contributed by atoms with Gasteiger partial charge in [0.15, 0.2) is 0 Å². The first kappa shape index (κ1) is 17.3. The van der Waals surface area contributed by atoms with Crippen LogP contribution in [0.2, 0.25) is 0 Å². The number of anilines is 1. The molecule has 0 spiro atoms.